The SMILES string of the molecule is Cc1ccc(C(=O)N2CCC(Cn3cnc(C)c(C)c3=O)CC2)s1. The van der Waals surface area contributed by atoms with E-state index < -0.39 is 0 Å². The fourth-order valence-electron chi connectivity index (χ4n) is 3.11. The molecule has 1 aliphatic rings. The third kappa shape index (κ3) is 3.43. The molecule has 1 aliphatic heterocycles. The van der Waals surface area contributed by atoms with E-state index in [4.69, 9.17) is 0 Å². The number of amides is 1. The van der Waals surface area contributed by atoms with Gasteiger partial charge >= 0.3 is 0 Å². The van der Waals surface area contributed by atoms with Crippen molar-refractivity contribution in [2.75, 3.05) is 13.1 Å². The number of thiophene rings is 1. The van der Waals surface area contributed by atoms with Crippen molar-refractivity contribution >= 4 is 17.2 Å². The van der Waals surface area contributed by atoms with E-state index in [0.29, 0.717) is 12.5 Å². The van der Waals surface area contributed by atoms with Crippen molar-refractivity contribution in [1.82, 2.24) is 14.5 Å². The molecule has 5 nitrogen and oxygen atoms in total. The van der Waals surface area contributed by atoms with Gasteiger partial charge in [0.2, 0.25) is 0 Å². The maximum atomic E-state index is 12.5. The zero-order valence-corrected chi connectivity index (χ0v) is 15.2. The van der Waals surface area contributed by atoms with Crippen molar-refractivity contribution < 1.29 is 4.79 Å². The van der Waals surface area contributed by atoms with Gasteiger partial charge in [-0.05, 0) is 51.7 Å². The Labute approximate surface area is 146 Å². The van der Waals surface area contributed by atoms with Crippen molar-refractivity contribution in [2.24, 2.45) is 5.92 Å². The van der Waals surface area contributed by atoms with E-state index in [2.05, 4.69) is 4.98 Å². The molecule has 0 radical (unpaired) electrons. The highest BCUT2D eigenvalue weighted by Gasteiger charge is 2.25. The van der Waals surface area contributed by atoms with Gasteiger partial charge in [-0.3, -0.25) is 14.2 Å². The highest BCUT2D eigenvalue weighted by molar-refractivity contribution is 7.13. The van der Waals surface area contributed by atoms with Gasteiger partial charge in [0.25, 0.3) is 11.5 Å². The molecule has 6 heteroatoms. The molecule has 1 fully saturated rings. The summed E-state index contributed by atoms with van der Waals surface area (Å²) in [5.41, 5.74) is 1.57. The quantitative estimate of drug-likeness (QED) is 0.859. The second kappa shape index (κ2) is 6.89. The molecule has 3 heterocycles. The first kappa shape index (κ1) is 16.9. The molecule has 1 amide bonds. The topological polar surface area (TPSA) is 55.2 Å². The van der Waals surface area contributed by atoms with Crippen LogP contribution in [0.4, 0.5) is 0 Å². The summed E-state index contributed by atoms with van der Waals surface area (Å²) in [7, 11) is 0. The molecular formula is C18H23N3O2S. The molecule has 0 unspecified atom stereocenters. The van der Waals surface area contributed by atoms with Gasteiger partial charge in [-0.1, -0.05) is 0 Å². The number of nitrogens with zero attached hydrogens (tertiary/aromatic N) is 3. The maximum Gasteiger partial charge on any atom is 0.263 e. The van der Waals surface area contributed by atoms with Crippen LogP contribution in [-0.2, 0) is 6.54 Å². The summed E-state index contributed by atoms with van der Waals surface area (Å²) < 4.78 is 1.72. The van der Waals surface area contributed by atoms with E-state index >= 15 is 0 Å². The lowest BCUT2D eigenvalue weighted by atomic mass is 9.96. The standard InChI is InChI=1S/C18H23N3O2S/c1-12-4-5-16(24-12)18(23)20-8-6-15(7-9-20)10-21-11-19-14(3)13(2)17(21)22/h4-5,11,15H,6-10H2,1-3H3. The Hall–Kier alpha value is -1.95. The van der Waals surface area contributed by atoms with Crippen molar-refractivity contribution in [2.45, 2.75) is 40.2 Å². The average molecular weight is 345 g/mol. The lowest BCUT2D eigenvalue weighted by molar-refractivity contribution is 0.0687. The molecule has 3 rings (SSSR count). The summed E-state index contributed by atoms with van der Waals surface area (Å²) >= 11 is 1.55. The van der Waals surface area contributed by atoms with Gasteiger partial charge in [0, 0.05) is 35.8 Å². The highest BCUT2D eigenvalue weighted by Crippen LogP contribution is 2.23. The van der Waals surface area contributed by atoms with Crippen LogP contribution in [0.25, 0.3) is 0 Å². The predicted octanol–water partition coefficient (Wildman–Crippen LogP) is 2.78. The fraction of sp³-hybridized carbons (Fsp3) is 0.500. The molecule has 0 atom stereocenters. The molecular weight excluding hydrogens is 322 g/mol. The van der Waals surface area contributed by atoms with Gasteiger partial charge in [-0.2, -0.15) is 0 Å². The Morgan fingerprint density at radius 1 is 1.25 bits per heavy atom. The largest absolute Gasteiger partial charge is 0.338 e. The Morgan fingerprint density at radius 2 is 1.96 bits per heavy atom. The van der Waals surface area contributed by atoms with E-state index in [9.17, 15) is 9.59 Å². The lowest BCUT2D eigenvalue weighted by Crippen LogP contribution is -2.40. The molecule has 0 aliphatic carbocycles. The lowest BCUT2D eigenvalue weighted by Gasteiger charge is -2.32. The zero-order chi connectivity index (χ0) is 17.3. The molecule has 2 aromatic rings. The molecule has 1 saturated heterocycles. The smallest absolute Gasteiger partial charge is 0.263 e. The van der Waals surface area contributed by atoms with Crippen LogP contribution in [0.3, 0.4) is 0 Å². The maximum absolute atomic E-state index is 12.5. The van der Waals surface area contributed by atoms with Crippen LogP contribution in [-0.4, -0.2) is 33.4 Å². The van der Waals surface area contributed by atoms with E-state index in [-0.39, 0.29) is 11.5 Å². The van der Waals surface area contributed by atoms with Crippen LogP contribution in [0.15, 0.2) is 23.3 Å². The Bertz CT molecular complexity index is 801. The van der Waals surface area contributed by atoms with Crippen LogP contribution in [0.2, 0.25) is 0 Å². The number of hydrogen-bond donors (Lipinski definition) is 0. The van der Waals surface area contributed by atoms with Gasteiger partial charge in [0.1, 0.15) is 0 Å². The van der Waals surface area contributed by atoms with Gasteiger partial charge in [-0.25, -0.2) is 4.98 Å². The molecule has 0 aromatic carbocycles. The minimum Gasteiger partial charge on any atom is -0.338 e. The molecule has 0 N–H and O–H groups in total. The molecule has 2 aromatic heterocycles. The van der Waals surface area contributed by atoms with Crippen LogP contribution in [0.1, 0.15) is 38.6 Å². The Balaban J connectivity index is 1.60. The zero-order valence-electron chi connectivity index (χ0n) is 14.4. The average Bonchev–Trinajstić information content (AvgIpc) is 3.02. The van der Waals surface area contributed by atoms with Crippen molar-refractivity contribution in [3.8, 4) is 0 Å². The Morgan fingerprint density at radius 3 is 2.58 bits per heavy atom. The van der Waals surface area contributed by atoms with Gasteiger partial charge in [0.15, 0.2) is 0 Å². The highest BCUT2D eigenvalue weighted by atomic mass is 32.1. The van der Waals surface area contributed by atoms with E-state index in [1.54, 1.807) is 22.2 Å². The van der Waals surface area contributed by atoms with Crippen molar-refractivity contribution in [1.29, 1.82) is 0 Å². The number of aryl methyl sites for hydroxylation is 2. The third-order valence-electron chi connectivity index (χ3n) is 4.82. The Kier molecular flexibility index (Phi) is 4.85. The van der Waals surface area contributed by atoms with Crippen LogP contribution < -0.4 is 5.56 Å². The second-order valence-electron chi connectivity index (χ2n) is 6.56. The predicted molar refractivity (Wildman–Crippen MR) is 95.7 cm³/mol. The number of hydrogen-bond acceptors (Lipinski definition) is 4. The first-order valence-electron chi connectivity index (χ1n) is 8.34. The van der Waals surface area contributed by atoms with Crippen LogP contribution in [0, 0.1) is 26.7 Å². The first-order chi connectivity index (χ1) is 11.5. The molecule has 0 saturated carbocycles. The number of likely N-dealkylation sites (tertiary alicyclic amines) is 1. The first-order valence-corrected chi connectivity index (χ1v) is 9.15. The number of carbonyl (C=O) groups excluding carboxylic acids is 1. The van der Waals surface area contributed by atoms with Crippen molar-refractivity contribution in [3.63, 3.8) is 0 Å². The summed E-state index contributed by atoms with van der Waals surface area (Å²) in [6.07, 6.45) is 3.50. The monoisotopic (exact) mass is 345 g/mol. The summed E-state index contributed by atoms with van der Waals surface area (Å²) in [5.74, 6) is 0.553. The van der Waals surface area contributed by atoms with E-state index in [0.717, 1.165) is 46.9 Å². The van der Waals surface area contributed by atoms with Gasteiger partial charge < -0.3 is 4.90 Å². The fourth-order valence-corrected chi connectivity index (χ4v) is 3.94. The van der Waals surface area contributed by atoms with Gasteiger partial charge in [0.05, 0.1) is 11.2 Å². The number of aromatic nitrogens is 2. The van der Waals surface area contributed by atoms with E-state index in [1.165, 1.54) is 0 Å². The van der Waals surface area contributed by atoms with Gasteiger partial charge in [-0.15, -0.1) is 11.3 Å². The second-order valence-corrected chi connectivity index (χ2v) is 7.85. The number of carbonyl (C=O) groups is 1. The minimum absolute atomic E-state index is 0.0510. The summed E-state index contributed by atoms with van der Waals surface area (Å²) in [4.78, 5) is 33.0. The molecule has 128 valence electrons. The summed E-state index contributed by atoms with van der Waals surface area (Å²) in [6.45, 7) is 7.90. The number of piperidine rings is 1. The third-order valence-corrected chi connectivity index (χ3v) is 5.81. The number of rotatable bonds is 3. The summed E-state index contributed by atoms with van der Waals surface area (Å²) in [5, 5.41) is 0. The molecule has 0 bridgehead atoms. The summed E-state index contributed by atoms with van der Waals surface area (Å²) in [6, 6.07) is 3.90. The normalized spacial score (nSPS) is 15.7. The van der Waals surface area contributed by atoms with Crippen molar-refractivity contribution in [3.05, 3.63) is 49.8 Å². The molecule has 24 heavy (non-hydrogen) atoms. The molecule has 0 spiro atoms. The minimum atomic E-state index is 0.0510. The van der Waals surface area contributed by atoms with Crippen LogP contribution >= 0.6 is 11.3 Å². The van der Waals surface area contributed by atoms with Crippen LogP contribution in [0.5, 0.6) is 0 Å². The van der Waals surface area contributed by atoms with E-state index in [1.807, 2.05) is 37.8 Å².